The van der Waals surface area contributed by atoms with Crippen LogP contribution < -0.4 is 5.32 Å². The molecule has 0 aliphatic heterocycles. The highest BCUT2D eigenvalue weighted by atomic mass is 32.2. The first-order chi connectivity index (χ1) is 8.65. The molecule has 0 spiro atoms. The number of rotatable bonds is 5. The van der Waals surface area contributed by atoms with Crippen LogP contribution in [0.5, 0.6) is 0 Å². The average Bonchev–Trinajstić information content (AvgIpc) is 2.97. The normalized spacial score (nSPS) is 12.3. The first-order valence-electron chi connectivity index (χ1n) is 5.15. The number of nitrogens with one attached hydrogen (secondary N) is 2. The number of nitrogens with zero attached hydrogens (tertiary/aromatic N) is 1. The van der Waals surface area contributed by atoms with Crippen LogP contribution in [0, 0.1) is 3.95 Å². The second-order valence-electron chi connectivity index (χ2n) is 3.51. The Kier molecular flexibility index (Phi) is 4.56. The Morgan fingerprint density at radius 1 is 1.78 bits per heavy atom. The molecule has 0 bridgehead atoms. The van der Waals surface area contributed by atoms with Gasteiger partial charge in [-0.25, -0.2) is 0 Å². The Hall–Kier alpha value is -1.12. The van der Waals surface area contributed by atoms with Crippen molar-refractivity contribution in [1.29, 1.82) is 0 Å². The largest absolute Gasteiger partial charge is 0.472 e. The van der Waals surface area contributed by atoms with Crippen molar-refractivity contribution in [3.8, 4) is 0 Å². The molecule has 1 amide bonds. The number of aromatic amines is 1. The molecule has 2 aromatic heterocycles. The number of hydrogen-bond acceptors (Lipinski definition) is 6. The zero-order valence-corrected chi connectivity index (χ0v) is 12.0. The number of carbonyl (C=O) groups is 1. The SMILES string of the molecule is CC(NC(=O)CSc1n[nH]c(=S)s1)c1ccoc1. The van der Waals surface area contributed by atoms with Gasteiger partial charge in [0.25, 0.3) is 0 Å². The Morgan fingerprint density at radius 2 is 2.61 bits per heavy atom. The highest BCUT2D eigenvalue weighted by Crippen LogP contribution is 2.20. The summed E-state index contributed by atoms with van der Waals surface area (Å²) in [6.07, 6.45) is 3.21. The van der Waals surface area contributed by atoms with Gasteiger partial charge in [0.2, 0.25) is 5.91 Å². The number of carbonyl (C=O) groups excluding carboxylic acids is 1. The number of aromatic nitrogens is 2. The van der Waals surface area contributed by atoms with Gasteiger partial charge in [-0.15, -0.1) is 0 Å². The van der Waals surface area contributed by atoms with Crippen molar-refractivity contribution in [1.82, 2.24) is 15.5 Å². The molecule has 0 fully saturated rings. The first-order valence-corrected chi connectivity index (χ1v) is 7.36. The van der Waals surface area contributed by atoms with E-state index in [0.29, 0.717) is 9.71 Å². The van der Waals surface area contributed by atoms with Crippen molar-refractivity contribution in [2.75, 3.05) is 5.75 Å². The predicted octanol–water partition coefficient (Wildman–Crippen LogP) is 2.76. The Labute approximate surface area is 117 Å². The summed E-state index contributed by atoms with van der Waals surface area (Å²) in [6, 6.07) is 1.77. The molecule has 0 aromatic carbocycles. The van der Waals surface area contributed by atoms with Gasteiger partial charge in [-0.05, 0) is 25.2 Å². The minimum atomic E-state index is -0.0609. The number of amides is 1. The van der Waals surface area contributed by atoms with E-state index in [2.05, 4.69) is 15.5 Å². The molecule has 18 heavy (non-hydrogen) atoms. The summed E-state index contributed by atoms with van der Waals surface area (Å²) in [5.41, 5.74) is 0.948. The van der Waals surface area contributed by atoms with Crippen LogP contribution in [0.2, 0.25) is 0 Å². The molecular weight excluding hydrogens is 290 g/mol. The lowest BCUT2D eigenvalue weighted by Gasteiger charge is -2.11. The minimum Gasteiger partial charge on any atom is -0.472 e. The van der Waals surface area contributed by atoms with Crippen LogP contribution in [0.3, 0.4) is 0 Å². The van der Waals surface area contributed by atoms with E-state index >= 15 is 0 Å². The van der Waals surface area contributed by atoms with Crippen LogP contribution in [-0.2, 0) is 4.79 Å². The van der Waals surface area contributed by atoms with Gasteiger partial charge >= 0.3 is 0 Å². The van der Waals surface area contributed by atoms with Gasteiger partial charge in [0.1, 0.15) is 0 Å². The Balaban J connectivity index is 1.80. The molecule has 0 aliphatic carbocycles. The van der Waals surface area contributed by atoms with Crippen LogP contribution >= 0.6 is 35.3 Å². The summed E-state index contributed by atoms with van der Waals surface area (Å²) >= 11 is 7.64. The summed E-state index contributed by atoms with van der Waals surface area (Å²) in [5, 5.41) is 9.53. The number of H-pyrrole nitrogens is 1. The topological polar surface area (TPSA) is 70.9 Å². The number of furan rings is 1. The van der Waals surface area contributed by atoms with Crippen molar-refractivity contribution in [3.05, 3.63) is 28.1 Å². The molecule has 0 radical (unpaired) electrons. The maximum atomic E-state index is 11.7. The molecular formula is C10H11N3O2S3. The second-order valence-corrected chi connectivity index (χ2v) is 6.40. The van der Waals surface area contributed by atoms with E-state index in [1.165, 1.54) is 23.1 Å². The quantitative estimate of drug-likeness (QED) is 0.656. The molecule has 1 atom stereocenters. The van der Waals surface area contributed by atoms with Crippen LogP contribution in [0.25, 0.3) is 0 Å². The van der Waals surface area contributed by atoms with Crippen molar-refractivity contribution in [3.63, 3.8) is 0 Å². The lowest BCUT2D eigenvalue weighted by Crippen LogP contribution is -2.27. The molecule has 0 aliphatic rings. The van der Waals surface area contributed by atoms with Gasteiger partial charge in [-0.1, -0.05) is 23.1 Å². The summed E-state index contributed by atoms with van der Waals surface area (Å²) in [6.45, 7) is 1.91. The highest BCUT2D eigenvalue weighted by molar-refractivity contribution is 8.01. The van der Waals surface area contributed by atoms with Crippen LogP contribution in [0.1, 0.15) is 18.5 Å². The predicted molar refractivity (Wildman–Crippen MR) is 73.3 cm³/mol. The molecule has 5 nitrogen and oxygen atoms in total. The van der Waals surface area contributed by atoms with E-state index in [4.69, 9.17) is 16.6 Å². The van der Waals surface area contributed by atoms with Crippen LogP contribution in [0.4, 0.5) is 0 Å². The fourth-order valence-corrected chi connectivity index (χ4v) is 3.19. The standard InChI is InChI=1S/C10H11N3O2S3/c1-6(7-2-3-15-4-7)11-8(14)5-17-10-13-12-9(16)18-10/h2-4,6H,5H2,1H3,(H,11,14)(H,12,16). The Morgan fingerprint density at radius 3 is 3.22 bits per heavy atom. The molecule has 2 aromatic rings. The van der Waals surface area contributed by atoms with E-state index in [0.717, 1.165) is 9.90 Å². The lowest BCUT2D eigenvalue weighted by molar-refractivity contribution is -0.119. The summed E-state index contributed by atoms with van der Waals surface area (Å²) < 4.78 is 6.35. The maximum absolute atomic E-state index is 11.7. The molecule has 8 heteroatoms. The monoisotopic (exact) mass is 301 g/mol. The Bertz CT molecular complexity index is 561. The molecule has 0 saturated heterocycles. The van der Waals surface area contributed by atoms with Gasteiger partial charge in [-0.2, -0.15) is 5.10 Å². The fraction of sp³-hybridized carbons (Fsp3) is 0.300. The third kappa shape index (κ3) is 3.69. The van der Waals surface area contributed by atoms with E-state index in [1.807, 2.05) is 13.0 Å². The van der Waals surface area contributed by atoms with Gasteiger partial charge in [0.15, 0.2) is 8.29 Å². The van der Waals surface area contributed by atoms with Gasteiger partial charge in [0.05, 0.1) is 24.3 Å². The third-order valence-corrected chi connectivity index (χ3v) is 4.40. The van der Waals surface area contributed by atoms with Crippen molar-refractivity contribution >= 4 is 41.2 Å². The van der Waals surface area contributed by atoms with Crippen molar-refractivity contribution in [2.24, 2.45) is 0 Å². The van der Waals surface area contributed by atoms with Gasteiger partial charge in [0, 0.05) is 5.56 Å². The zero-order valence-electron chi connectivity index (χ0n) is 9.50. The molecule has 0 saturated carbocycles. The van der Waals surface area contributed by atoms with E-state index in [-0.39, 0.29) is 11.9 Å². The molecule has 2 rings (SSSR count). The number of thioether (sulfide) groups is 1. The first kappa shape index (κ1) is 13.3. The number of hydrogen-bond donors (Lipinski definition) is 2. The van der Waals surface area contributed by atoms with Crippen LogP contribution in [-0.4, -0.2) is 21.9 Å². The van der Waals surface area contributed by atoms with E-state index in [1.54, 1.807) is 12.5 Å². The minimum absolute atomic E-state index is 0.0465. The summed E-state index contributed by atoms with van der Waals surface area (Å²) in [5.74, 6) is 0.271. The highest BCUT2D eigenvalue weighted by Gasteiger charge is 2.11. The second kappa shape index (κ2) is 6.17. The molecule has 2 heterocycles. The van der Waals surface area contributed by atoms with E-state index < -0.39 is 0 Å². The van der Waals surface area contributed by atoms with Crippen LogP contribution in [0.15, 0.2) is 27.3 Å². The maximum Gasteiger partial charge on any atom is 0.230 e. The van der Waals surface area contributed by atoms with E-state index in [9.17, 15) is 4.79 Å². The third-order valence-electron chi connectivity index (χ3n) is 2.17. The summed E-state index contributed by atoms with van der Waals surface area (Å²) in [7, 11) is 0. The molecule has 1 unspecified atom stereocenters. The van der Waals surface area contributed by atoms with Gasteiger partial charge in [-0.3, -0.25) is 9.89 Å². The molecule has 2 N–H and O–H groups in total. The van der Waals surface area contributed by atoms with Crippen molar-refractivity contribution in [2.45, 2.75) is 17.3 Å². The lowest BCUT2D eigenvalue weighted by atomic mass is 10.2. The molecule has 96 valence electrons. The average molecular weight is 301 g/mol. The smallest absolute Gasteiger partial charge is 0.230 e. The summed E-state index contributed by atoms with van der Waals surface area (Å²) in [4.78, 5) is 11.7. The zero-order chi connectivity index (χ0) is 13.0. The fourth-order valence-electron chi connectivity index (χ4n) is 1.29. The van der Waals surface area contributed by atoms with Crippen molar-refractivity contribution < 1.29 is 9.21 Å². The van der Waals surface area contributed by atoms with Gasteiger partial charge < -0.3 is 9.73 Å².